The molecule has 1 aliphatic heterocycles. The first-order chi connectivity index (χ1) is 12.5. The first-order valence-electron chi connectivity index (χ1n) is 8.80. The first-order valence-corrected chi connectivity index (χ1v) is 8.80. The van der Waals surface area contributed by atoms with Gasteiger partial charge in [-0.25, -0.2) is 9.18 Å². The summed E-state index contributed by atoms with van der Waals surface area (Å²) in [6.07, 6.45) is 2.28. The third kappa shape index (κ3) is 4.57. The predicted octanol–water partition coefficient (Wildman–Crippen LogP) is 2.50. The number of benzene rings is 1. The number of aryl methyl sites for hydroxylation is 1. The Morgan fingerprint density at radius 1 is 1.31 bits per heavy atom. The number of hydrogen-bond donors (Lipinski definition) is 1. The molecule has 0 saturated carbocycles. The highest BCUT2D eigenvalue weighted by Crippen LogP contribution is 2.24. The second-order valence-corrected chi connectivity index (χ2v) is 6.57. The Hall–Kier alpha value is -2.48. The Morgan fingerprint density at radius 3 is 2.62 bits per heavy atom. The SMILES string of the molecule is Cc1nnc(CN(C)C(=O)NCC(c2ccc(F)cc2)N2CCCC2)o1. The molecule has 0 radical (unpaired) electrons. The zero-order valence-electron chi connectivity index (χ0n) is 15.1. The van der Waals surface area contributed by atoms with Crippen LogP contribution in [0, 0.1) is 12.7 Å². The van der Waals surface area contributed by atoms with Crippen molar-refractivity contribution in [3.63, 3.8) is 0 Å². The van der Waals surface area contributed by atoms with Crippen molar-refractivity contribution in [1.82, 2.24) is 25.3 Å². The lowest BCUT2D eigenvalue weighted by molar-refractivity contribution is 0.191. The Morgan fingerprint density at radius 2 is 2.00 bits per heavy atom. The number of amides is 2. The van der Waals surface area contributed by atoms with Crippen molar-refractivity contribution in [2.45, 2.75) is 32.4 Å². The topological polar surface area (TPSA) is 74.5 Å². The minimum atomic E-state index is -0.257. The van der Waals surface area contributed by atoms with Gasteiger partial charge in [-0.05, 0) is 43.6 Å². The minimum absolute atomic E-state index is 0.0288. The van der Waals surface area contributed by atoms with Gasteiger partial charge in [-0.3, -0.25) is 4.90 Å². The summed E-state index contributed by atoms with van der Waals surface area (Å²) in [5.74, 6) is 0.613. The standard InChI is InChI=1S/C18H24FN5O2/c1-13-21-22-17(26-13)12-23(2)18(25)20-11-16(24-9-3-4-10-24)14-5-7-15(19)8-6-14/h5-8,16H,3-4,9-12H2,1-2H3,(H,20,25). The van der Waals surface area contributed by atoms with Gasteiger partial charge in [-0.1, -0.05) is 12.1 Å². The van der Waals surface area contributed by atoms with Gasteiger partial charge in [0, 0.05) is 20.5 Å². The molecule has 1 N–H and O–H groups in total. The largest absolute Gasteiger partial charge is 0.424 e. The summed E-state index contributed by atoms with van der Waals surface area (Å²) in [5, 5.41) is 10.6. The quantitative estimate of drug-likeness (QED) is 0.856. The number of carbonyl (C=O) groups is 1. The average molecular weight is 361 g/mol. The molecule has 1 fully saturated rings. The van der Waals surface area contributed by atoms with Crippen molar-refractivity contribution in [2.24, 2.45) is 0 Å². The molecule has 1 saturated heterocycles. The van der Waals surface area contributed by atoms with Crippen molar-refractivity contribution in [1.29, 1.82) is 0 Å². The molecule has 140 valence electrons. The molecule has 2 heterocycles. The monoisotopic (exact) mass is 361 g/mol. The van der Waals surface area contributed by atoms with Gasteiger partial charge in [0.25, 0.3) is 0 Å². The molecule has 1 aromatic heterocycles. The highest BCUT2D eigenvalue weighted by Gasteiger charge is 2.24. The van der Waals surface area contributed by atoms with E-state index in [1.807, 2.05) is 0 Å². The summed E-state index contributed by atoms with van der Waals surface area (Å²) in [4.78, 5) is 16.2. The fourth-order valence-corrected chi connectivity index (χ4v) is 3.19. The smallest absolute Gasteiger partial charge is 0.317 e. The van der Waals surface area contributed by atoms with Crippen LogP contribution in [0.15, 0.2) is 28.7 Å². The molecular weight excluding hydrogens is 337 g/mol. The van der Waals surface area contributed by atoms with Gasteiger partial charge in [-0.2, -0.15) is 0 Å². The number of aromatic nitrogens is 2. The van der Waals surface area contributed by atoms with Crippen LogP contribution in [0.4, 0.5) is 9.18 Å². The molecule has 1 atom stereocenters. The van der Waals surface area contributed by atoms with Crippen LogP contribution >= 0.6 is 0 Å². The van der Waals surface area contributed by atoms with Crippen LogP contribution in [0.5, 0.6) is 0 Å². The first kappa shape index (κ1) is 18.3. The van der Waals surface area contributed by atoms with Crippen LogP contribution < -0.4 is 5.32 Å². The molecule has 1 aromatic carbocycles. The summed E-state index contributed by atoms with van der Waals surface area (Å²) < 4.78 is 18.6. The third-order valence-corrected chi connectivity index (χ3v) is 4.57. The zero-order valence-corrected chi connectivity index (χ0v) is 15.1. The third-order valence-electron chi connectivity index (χ3n) is 4.57. The summed E-state index contributed by atoms with van der Waals surface area (Å²) in [7, 11) is 1.68. The Kier molecular flexibility index (Phi) is 5.82. The molecular formula is C18H24FN5O2. The molecule has 7 nitrogen and oxygen atoms in total. The predicted molar refractivity (Wildman–Crippen MR) is 93.8 cm³/mol. The summed E-state index contributed by atoms with van der Waals surface area (Å²) in [5.41, 5.74) is 1.00. The van der Waals surface area contributed by atoms with E-state index < -0.39 is 0 Å². The number of halogens is 1. The number of nitrogens with one attached hydrogen (secondary N) is 1. The maximum atomic E-state index is 13.2. The van der Waals surface area contributed by atoms with E-state index in [1.165, 1.54) is 17.0 Å². The van der Waals surface area contributed by atoms with Gasteiger partial charge in [0.2, 0.25) is 11.8 Å². The van der Waals surface area contributed by atoms with Crippen LogP contribution in [-0.2, 0) is 6.54 Å². The van der Waals surface area contributed by atoms with E-state index in [0.717, 1.165) is 31.5 Å². The fraction of sp³-hybridized carbons (Fsp3) is 0.500. The number of rotatable bonds is 6. The van der Waals surface area contributed by atoms with Crippen molar-refractivity contribution < 1.29 is 13.6 Å². The van der Waals surface area contributed by atoms with Crippen molar-refractivity contribution in [2.75, 3.05) is 26.7 Å². The number of carbonyl (C=O) groups excluding carboxylic acids is 1. The Bertz CT molecular complexity index is 727. The Labute approximate surface area is 152 Å². The number of urea groups is 1. The lowest BCUT2D eigenvalue weighted by atomic mass is 10.1. The lowest BCUT2D eigenvalue weighted by Crippen LogP contribution is -2.42. The van der Waals surface area contributed by atoms with Gasteiger partial charge < -0.3 is 14.6 Å². The van der Waals surface area contributed by atoms with Crippen LogP contribution in [0.25, 0.3) is 0 Å². The highest BCUT2D eigenvalue weighted by molar-refractivity contribution is 5.73. The molecule has 3 rings (SSSR count). The van der Waals surface area contributed by atoms with E-state index in [0.29, 0.717) is 18.3 Å². The normalized spacial score (nSPS) is 15.8. The van der Waals surface area contributed by atoms with E-state index >= 15 is 0 Å². The van der Waals surface area contributed by atoms with Crippen LogP contribution in [-0.4, -0.2) is 52.7 Å². The lowest BCUT2D eigenvalue weighted by Gasteiger charge is -2.29. The molecule has 0 spiro atoms. The minimum Gasteiger partial charge on any atom is -0.424 e. The molecule has 0 aliphatic carbocycles. The molecule has 1 unspecified atom stereocenters. The van der Waals surface area contributed by atoms with Gasteiger partial charge >= 0.3 is 6.03 Å². The number of hydrogen-bond acceptors (Lipinski definition) is 5. The highest BCUT2D eigenvalue weighted by atomic mass is 19.1. The maximum absolute atomic E-state index is 13.2. The molecule has 2 aromatic rings. The van der Waals surface area contributed by atoms with E-state index in [4.69, 9.17) is 4.42 Å². The van der Waals surface area contributed by atoms with E-state index in [-0.39, 0.29) is 24.4 Å². The Balaban J connectivity index is 1.61. The van der Waals surface area contributed by atoms with E-state index in [9.17, 15) is 9.18 Å². The zero-order chi connectivity index (χ0) is 18.5. The number of nitrogens with zero attached hydrogens (tertiary/aromatic N) is 4. The summed E-state index contributed by atoms with van der Waals surface area (Å²) in [6.45, 7) is 4.37. The van der Waals surface area contributed by atoms with E-state index in [1.54, 1.807) is 26.1 Å². The summed E-state index contributed by atoms with van der Waals surface area (Å²) in [6, 6.07) is 6.31. The molecule has 26 heavy (non-hydrogen) atoms. The second-order valence-electron chi connectivity index (χ2n) is 6.57. The average Bonchev–Trinajstić information content (AvgIpc) is 3.28. The summed E-state index contributed by atoms with van der Waals surface area (Å²) >= 11 is 0. The van der Waals surface area contributed by atoms with Gasteiger partial charge in [-0.15, -0.1) is 10.2 Å². The van der Waals surface area contributed by atoms with E-state index in [2.05, 4.69) is 20.4 Å². The van der Waals surface area contributed by atoms with Crippen LogP contribution in [0.1, 0.15) is 36.2 Å². The van der Waals surface area contributed by atoms with Gasteiger partial charge in [0.1, 0.15) is 12.4 Å². The molecule has 2 amide bonds. The van der Waals surface area contributed by atoms with Gasteiger partial charge in [0.15, 0.2) is 0 Å². The van der Waals surface area contributed by atoms with Crippen LogP contribution in [0.2, 0.25) is 0 Å². The molecule has 8 heteroatoms. The van der Waals surface area contributed by atoms with Crippen molar-refractivity contribution in [3.05, 3.63) is 47.4 Å². The van der Waals surface area contributed by atoms with Crippen LogP contribution in [0.3, 0.4) is 0 Å². The fourth-order valence-electron chi connectivity index (χ4n) is 3.19. The molecule has 1 aliphatic rings. The molecule has 0 bridgehead atoms. The van der Waals surface area contributed by atoms with Crippen molar-refractivity contribution >= 4 is 6.03 Å². The second kappa shape index (κ2) is 8.27. The van der Waals surface area contributed by atoms with Crippen molar-refractivity contribution in [3.8, 4) is 0 Å². The van der Waals surface area contributed by atoms with Gasteiger partial charge in [0.05, 0.1) is 6.04 Å². The number of likely N-dealkylation sites (tertiary alicyclic amines) is 1. The maximum Gasteiger partial charge on any atom is 0.317 e.